The number of ether oxygens (including phenoxy) is 2. The summed E-state index contributed by atoms with van der Waals surface area (Å²) >= 11 is 0. The van der Waals surface area contributed by atoms with Gasteiger partial charge in [-0.05, 0) is 46.1 Å². The van der Waals surface area contributed by atoms with Crippen LogP contribution < -0.4 is 0 Å². The van der Waals surface area contributed by atoms with Crippen LogP contribution in [-0.2, 0) is 19.1 Å². The molecule has 1 fully saturated rings. The minimum absolute atomic E-state index is 0.0663. The van der Waals surface area contributed by atoms with Crippen molar-refractivity contribution in [2.24, 2.45) is 0 Å². The summed E-state index contributed by atoms with van der Waals surface area (Å²) in [5.74, 6) is -1.63. The lowest BCUT2D eigenvalue weighted by atomic mass is 10.1. The number of Topliss-reactive ketones (excluding diaryl/α,β-unsaturated/α-hetero) is 1. The molecule has 0 aliphatic carbocycles. The van der Waals surface area contributed by atoms with Gasteiger partial charge in [0.05, 0.1) is 17.9 Å². The van der Waals surface area contributed by atoms with Crippen molar-refractivity contribution in [3.63, 3.8) is 0 Å². The number of likely N-dealkylation sites (tertiary alicyclic amines) is 1. The first-order chi connectivity index (χ1) is 13.3. The molecule has 0 saturated carbocycles. The van der Waals surface area contributed by atoms with E-state index >= 15 is 0 Å². The van der Waals surface area contributed by atoms with Crippen molar-refractivity contribution in [2.45, 2.75) is 59.5 Å². The lowest BCUT2D eigenvalue weighted by molar-refractivity contribution is -0.151. The summed E-state index contributed by atoms with van der Waals surface area (Å²) in [5.41, 5.74) is 1.52. The summed E-state index contributed by atoms with van der Waals surface area (Å²) in [6.45, 7) is 7.10. The number of amides is 1. The highest BCUT2D eigenvalue weighted by Gasteiger charge is 2.28. The Morgan fingerprint density at radius 2 is 1.89 bits per heavy atom. The molecule has 1 aromatic heterocycles. The fourth-order valence-corrected chi connectivity index (χ4v) is 3.36. The summed E-state index contributed by atoms with van der Waals surface area (Å²) in [6.07, 6.45) is 2.03. The molecule has 0 radical (unpaired) electrons. The van der Waals surface area contributed by atoms with Gasteiger partial charge < -0.3 is 19.4 Å². The SMILES string of the molecule is CCOC(=O)c1c(C)[nH]c(C(=O)C(C)OC(=O)CN2CCCCCC2=O)c1C. The monoisotopic (exact) mass is 392 g/mol. The number of nitrogens with zero attached hydrogens (tertiary/aromatic N) is 1. The maximum absolute atomic E-state index is 12.7. The van der Waals surface area contributed by atoms with E-state index < -0.39 is 23.8 Å². The van der Waals surface area contributed by atoms with E-state index in [1.807, 2.05) is 0 Å². The minimum atomic E-state index is -1.04. The molecule has 0 bridgehead atoms. The number of esters is 2. The van der Waals surface area contributed by atoms with E-state index in [1.54, 1.807) is 20.8 Å². The highest BCUT2D eigenvalue weighted by Crippen LogP contribution is 2.21. The third kappa shape index (κ3) is 4.99. The first-order valence-corrected chi connectivity index (χ1v) is 9.64. The number of aromatic nitrogens is 1. The summed E-state index contributed by atoms with van der Waals surface area (Å²) in [5, 5.41) is 0. The van der Waals surface area contributed by atoms with Gasteiger partial charge >= 0.3 is 11.9 Å². The highest BCUT2D eigenvalue weighted by atomic mass is 16.5. The van der Waals surface area contributed by atoms with Crippen LogP contribution >= 0.6 is 0 Å². The minimum Gasteiger partial charge on any atom is -0.462 e. The number of carbonyl (C=O) groups excluding carboxylic acids is 4. The second-order valence-corrected chi connectivity index (χ2v) is 6.97. The first-order valence-electron chi connectivity index (χ1n) is 9.64. The zero-order valence-corrected chi connectivity index (χ0v) is 16.9. The Morgan fingerprint density at radius 1 is 1.18 bits per heavy atom. The normalized spacial score (nSPS) is 15.7. The van der Waals surface area contributed by atoms with E-state index in [0.717, 1.165) is 19.3 Å². The number of aromatic amines is 1. The molecule has 1 atom stereocenters. The maximum atomic E-state index is 12.7. The van der Waals surface area contributed by atoms with Crippen molar-refractivity contribution in [1.29, 1.82) is 0 Å². The number of H-pyrrole nitrogens is 1. The molecule has 154 valence electrons. The Kier molecular flexibility index (Phi) is 7.37. The molecule has 2 rings (SSSR count). The Bertz CT molecular complexity index is 767. The van der Waals surface area contributed by atoms with Gasteiger partial charge in [-0.15, -0.1) is 0 Å². The third-order valence-electron chi connectivity index (χ3n) is 4.83. The zero-order chi connectivity index (χ0) is 20.8. The molecule has 28 heavy (non-hydrogen) atoms. The van der Waals surface area contributed by atoms with Crippen molar-refractivity contribution < 1.29 is 28.7 Å². The van der Waals surface area contributed by atoms with Crippen LogP contribution in [0.25, 0.3) is 0 Å². The first kappa shape index (κ1) is 21.7. The molecule has 1 unspecified atom stereocenters. The van der Waals surface area contributed by atoms with E-state index in [4.69, 9.17) is 9.47 Å². The topological polar surface area (TPSA) is 106 Å². The van der Waals surface area contributed by atoms with Crippen LogP contribution in [0.15, 0.2) is 0 Å². The van der Waals surface area contributed by atoms with Crippen LogP contribution in [-0.4, -0.2) is 59.3 Å². The fourth-order valence-electron chi connectivity index (χ4n) is 3.36. The number of hydrogen-bond donors (Lipinski definition) is 1. The molecule has 1 aromatic rings. The molecule has 2 heterocycles. The summed E-state index contributed by atoms with van der Waals surface area (Å²) < 4.78 is 10.3. The Balaban J connectivity index is 2.04. The van der Waals surface area contributed by atoms with Crippen LogP contribution in [0.1, 0.15) is 71.6 Å². The maximum Gasteiger partial charge on any atom is 0.340 e. The van der Waals surface area contributed by atoms with Gasteiger partial charge in [0.15, 0.2) is 6.10 Å². The number of aryl methyl sites for hydroxylation is 1. The van der Waals surface area contributed by atoms with Crippen molar-refractivity contribution in [2.75, 3.05) is 19.7 Å². The van der Waals surface area contributed by atoms with E-state index in [1.165, 1.54) is 11.8 Å². The van der Waals surface area contributed by atoms with Crippen molar-refractivity contribution >= 4 is 23.6 Å². The predicted octanol–water partition coefficient (Wildman–Crippen LogP) is 2.33. The standard InChI is InChI=1S/C20H28N2O6/c1-5-27-20(26)17-12(2)18(21-13(17)3)19(25)14(4)28-16(24)11-22-10-8-6-7-9-15(22)23/h14,21H,5-11H2,1-4H3. The Morgan fingerprint density at radius 3 is 2.57 bits per heavy atom. The van der Waals surface area contributed by atoms with Crippen LogP contribution in [0.3, 0.4) is 0 Å². The lowest BCUT2D eigenvalue weighted by Crippen LogP contribution is -2.38. The number of ketones is 1. The molecule has 8 heteroatoms. The third-order valence-corrected chi connectivity index (χ3v) is 4.83. The Hall–Kier alpha value is -2.64. The smallest absolute Gasteiger partial charge is 0.340 e. The molecular formula is C20H28N2O6. The summed E-state index contributed by atoms with van der Waals surface area (Å²) in [6, 6.07) is 0. The van der Waals surface area contributed by atoms with Crippen LogP contribution in [0.4, 0.5) is 0 Å². The van der Waals surface area contributed by atoms with Crippen LogP contribution in [0.2, 0.25) is 0 Å². The van der Waals surface area contributed by atoms with Crippen LogP contribution in [0, 0.1) is 13.8 Å². The largest absolute Gasteiger partial charge is 0.462 e. The van der Waals surface area contributed by atoms with E-state index in [9.17, 15) is 19.2 Å². The molecule has 1 aliphatic heterocycles. The van der Waals surface area contributed by atoms with Crippen molar-refractivity contribution in [3.8, 4) is 0 Å². The van der Waals surface area contributed by atoms with E-state index in [0.29, 0.717) is 29.8 Å². The van der Waals surface area contributed by atoms with Gasteiger partial charge in [0, 0.05) is 18.7 Å². The second kappa shape index (κ2) is 9.52. The number of carbonyl (C=O) groups is 4. The highest BCUT2D eigenvalue weighted by molar-refractivity contribution is 6.04. The number of hydrogen-bond acceptors (Lipinski definition) is 6. The van der Waals surface area contributed by atoms with Gasteiger partial charge in [0.1, 0.15) is 6.54 Å². The van der Waals surface area contributed by atoms with Gasteiger partial charge in [-0.3, -0.25) is 14.4 Å². The Labute approximate surface area is 164 Å². The second-order valence-electron chi connectivity index (χ2n) is 6.97. The summed E-state index contributed by atoms with van der Waals surface area (Å²) in [4.78, 5) is 53.4. The molecule has 1 amide bonds. The molecule has 1 saturated heterocycles. The molecule has 0 spiro atoms. The van der Waals surface area contributed by atoms with Gasteiger partial charge in [-0.1, -0.05) is 6.42 Å². The van der Waals surface area contributed by atoms with Gasteiger partial charge in [0.25, 0.3) is 0 Å². The number of rotatable bonds is 7. The predicted molar refractivity (Wildman–Crippen MR) is 101 cm³/mol. The molecule has 1 aliphatic rings. The van der Waals surface area contributed by atoms with Gasteiger partial charge in [-0.2, -0.15) is 0 Å². The van der Waals surface area contributed by atoms with Gasteiger partial charge in [-0.25, -0.2) is 4.79 Å². The van der Waals surface area contributed by atoms with Crippen molar-refractivity contribution in [1.82, 2.24) is 9.88 Å². The van der Waals surface area contributed by atoms with Crippen LogP contribution in [0.5, 0.6) is 0 Å². The molecule has 8 nitrogen and oxygen atoms in total. The van der Waals surface area contributed by atoms with Gasteiger partial charge in [0.2, 0.25) is 11.7 Å². The molecule has 0 aromatic carbocycles. The summed E-state index contributed by atoms with van der Waals surface area (Å²) in [7, 11) is 0. The lowest BCUT2D eigenvalue weighted by Gasteiger charge is -2.20. The molecule has 1 N–H and O–H groups in total. The van der Waals surface area contributed by atoms with E-state index in [2.05, 4.69) is 4.98 Å². The average Bonchev–Trinajstić information content (AvgIpc) is 2.78. The quantitative estimate of drug-likeness (QED) is 0.564. The average molecular weight is 392 g/mol. The molecular weight excluding hydrogens is 364 g/mol. The fraction of sp³-hybridized carbons (Fsp3) is 0.600. The van der Waals surface area contributed by atoms with E-state index in [-0.39, 0.29) is 24.8 Å². The zero-order valence-electron chi connectivity index (χ0n) is 16.9. The number of nitrogens with one attached hydrogen (secondary N) is 1. The van der Waals surface area contributed by atoms with Crippen molar-refractivity contribution in [3.05, 3.63) is 22.5 Å².